The van der Waals surface area contributed by atoms with Crippen molar-refractivity contribution in [2.75, 3.05) is 38.1 Å². The van der Waals surface area contributed by atoms with Gasteiger partial charge < -0.3 is 20.1 Å². The molecule has 3 heterocycles. The number of aromatic amines is 1. The Morgan fingerprint density at radius 3 is 2.83 bits per heavy atom. The van der Waals surface area contributed by atoms with E-state index in [1.54, 1.807) is 24.7 Å². The van der Waals surface area contributed by atoms with Gasteiger partial charge in [-0.05, 0) is 56.0 Å². The first kappa shape index (κ1) is 20.3. The third-order valence-electron chi connectivity index (χ3n) is 5.86. The number of pyridine rings is 2. The number of likely N-dealkylation sites (tertiary alicyclic amines) is 1. The molecule has 1 amide bonds. The summed E-state index contributed by atoms with van der Waals surface area (Å²) < 4.78 is 0. The molecule has 0 bridgehead atoms. The lowest BCUT2D eigenvalue weighted by Gasteiger charge is -2.31. The second-order valence-electron chi connectivity index (χ2n) is 8.12. The Morgan fingerprint density at radius 1 is 1.30 bits per heavy atom. The van der Waals surface area contributed by atoms with Crippen molar-refractivity contribution in [3.8, 4) is 11.1 Å². The zero-order chi connectivity index (χ0) is 20.9. The van der Waals surface area contributed by atoms with Crippen molar-refractivity contribution in [2.45, 2.75) is 25.3 Å². The van der Waals surface area contributed by atoms with Crippen LogP contribution in [0.2, 0.25) is 0 Å². The van der Waals surface area contributed by atoms with E-state index in [0.29, 0.717) is 24.7 Å². The average molecular weight is 408 g/mol. The van der Waals surface area contributed by atoms with E-state index in [9.17, 15) is 9.59 Å². The van der Waals surface area contributed by atoms with Crippen molar-refractivity contribution in [1.29, 1.82) is 0 Å². The van der Waals surface area contributed by atoms with E-state index in [4.69, 9.17) is 0 Å². The Balaban J connectivity index is 1.56. The van der Waals surface area contributed by atoms with Gasteiger partial charge in [-0.2, -0.15) is 0 Å². The van der Waals surface area contributed by atoms with Crippen molar-refractivity contribution in [1.82, 2.24) is 20.2 Å². The summed E-state index contributed by atoms with van der Waals surface area (Å²) in [6.45, 7) is 2.91. The molecule has 7 nitrogen and oxygen atoms in total. The van der Waals surface area contributed by atoms with Gasteiger partial charge in [-0.1, -0.05) is 6.08 Å². The van der Waals surface area contributed by atoms with Crippen LogP contribution in [0.5, 0.6) is 0 Å². The number of nitrogens with zero attached hydrogens (tertiary/aromatic N) is 3. The molecule has 2 fully saturated rings. The molecule has 0 radical (unpaired) electrons. The van der Waals surface area contributed by atoms with E-state index >= 15 is 0 Å². The van der Waals surface area contributed by atoms with Crippen LogP contribution in [0, 0.1) is 5.92 Å². The molecular weight excluding hydrogens is 378 g/mol. The molecule has 1 aliphatic carbocycles. The molecule has 2 aliphatic rings. The summed E-state index contributed by atoms with van der Waals surface area (Å²) in [5.41, 5.74) is 2.61. The third-order valence-corrected chi connectivity index (χ3v) is 5.86. The van der Waals surface area contributed by atoms with E-state index in [2.05, 4.69) is 20.2 Å². The minimum Gasteiger partial charge on any atom is -0.362 e. The number of aromatic nitrogens is 2. The van der Waals surface area contributed by atoms with Crippen molar-refractivity contribution < 1.29 is 4.79 Å². The van der Waals surface area contributed by atoms with Gasteiger partial charge in [0.15, 0.2) is 0 Å². The number of H-pyrrole nitrogens is 1. The van der Waals surface area contributed by atoms with Crippen molar-refractivity contribution in [3.63, 3.8) is 0 Å². The number of carbonyl (C=O) groups excluding carboxylic acids is 1. The van der Waals surface area contributed by atoms with Crippen molar-refractivity contribution >= 4 is 11.6 Å². The number of likely N-dealkylation sites (N-methyl/N-ethyl adjacent to an activating group) is 1. The summed E-state index contributed by atoms with van der Waals surface area (Å²) in [5.74, 6) is 0.674. The molecule has 158 valence electrons. The van der Waals surface area contributed by atoms with Gasteiger partial charge in [0, 0.05) is 62.5 Å². The van der Waals surface area contributed by atoms with E-state index in [1.165, 1.54) is 12.8 Å². The zero-order valence-corrected chi connectivity index (χ0v) is 17.4. The molecule has 1 atom stereocenters. The fraction of sp³-hybridized carbons (Fsp3) is 0.435. The second-order valence-corrected chi connectivity index (χ2v) is 8.12. The summed E-state index contributed by atoms with van der Waals surface area (Å²) in [7, 11) is 1.86. The second kappa shape index (κ2) is 9.26. The van der Waals surface area contributed by atoms with E-state index in [1.807, 2.05) is 36.2 Å². The lowest BCUT2D eigenvalue weighted by molar-refractivity contribution is -0.125. The van der Waals surface area contributed by atoms with E-state index < -0.39 is 0 Å². The predicted octanol–water partition coefficient (Wildman–Crippen LogP) is 2.03. The molecule has 0 aromatic carbocycles. The molecule has 2 N–H and O–H groups in total. The predicted molar refractivity (Wildman–Crippen MR) is 118 cm³/mol. The first-order chi connectivity index (χ1) is 14.7. The largest absolute Gasteiger partial charge is 0.362 e. The van der Waals surface area contributed by atoms with Gasteiger partial charge in [0.2, 0.25) is 5.91 Å². The molecule has 1 saturated heterocycles. The summed E-state index contributed by atoms with van der Waals surface area (Å²) in [6, 6.07) is 6.01. The van der Waals surface area contributed by atoms with Crippen LogP contribution < -0.4 is 15.8 Å². The third kappa shape index (κ3) is 4.79. The normalized spacial score (nSPS) is 18.8. The Bertz CT molecular complexity index is 952. The van der Waals surface area contributed by atoms with E-state index in [0.717, 1.165) is 30.6 Å². The zero-order valence-electron chi connectivity index (χ0n) is 17.4. The van der Waals surface area contributed by atoms with Gasteiger partial charge in [0.25, 0.3) is 5.56 Å². The standard InChI is InChI=1S/C23H29N5O2/c1-24-9-2-3-22(29)27-12-8-20(16-27)28(15-17-4-5-17)21-13-19(14-26-23(21)30)18-6-10-25-11-7-18/h2-3,6-7,10-11,13-14,17,20,24H,4-5,8-9,12,15-16H2,1H3,(H,26,30)/b3-2+. The topological polar surface area (TPSA) is 81.3 Å². The van der Waals surface area contributed by atoms with Crippen LogP contribution in [-0.4, -0.2) is 60.0 Å². The van der Waals surface area contributed by atoms with Crippen LogP contribution in [0.3, 0.4) is 0 Å². The molecule has 0 spiro atoms. The smallest absolute Gasteiger partial charge is 0.271 e. The van der Waals surface area contributed by atoms with Crippen LogP contribution in [0.4, 0.5) is 5.69 Å². The maximum Gasteiger partial charge on any atom is 0.271 e. The molecule has 1 aliphatic heterocycles. The monoisotopic (exact) mass is 407 g/mol. The average Bonchev–Trinajstić information content (AvgIpc) is 3.46. The summed E-state index contributed by atoms with van der Waals surface area (Å²) >= 11 is 0. The molecule has 2 aromatic rings. The highest BCUT2D eigenvalue weighted by molar-refractivity contribution is 5.88. The number of rotatable bonds is 8. The quantitative estimate of drug-likeness (QED) is 0.655. The molecule has 2 aromatic heterocycles. The highest BCUT2D eigenvalue weighted by Gasteiger charge is 2.34. The Labute approximate surface area is 176 Å². The van der Waals surface area contributed by atoms with Gasteiger partial charge >= 0.3 is 0 Å². The SMILES string of the molecule is CNC/C=C/C(=O)N1CCC(N(CC2CC2)c2cc(-c3ccncc3)c[nH]c2=O)C1. The fourth-order valence-electron chi connectivity index (χ4n) is 4.00. The molecule has 7 heteroatoms. The van der Waals surface area contributed by atoms with Gasteiger partial charge in [-0.3, -0.25) is 14.6 Å². The fourth-order valence-corrected chi connectivity index (χ4v) is 4.00. The Kier molecular flexibility index (Phi) is 6.28. The van der Waals surface area contributed by atoms with Crippen LogP contribution >= 0.6 is 0 Å². The number of carbonyl (C=O) groups is 1. The summed E-state index contributed by atoms with van der Waals surface area (Å²) in [4.78, 5) is 36.4. The number of hydrogen-bond donors (Lipinski definition) is 2. The van der Waals surface area contributed by atoms with E-state index in [-0.39, 0.29) is 17.5 Å². The molecule has 30 heavy (non-hydrogen) atoms. The molecule has 4 rings (SSSR count). The minimum atomic E-state index is -0.0767. The summed E-state index contributed by atoms with van der Waals surface area (Å²) in [5, 5.41) is 3.01. The molecule has 1 saturated carbocycles. The van der Waals surface area contributed by atoms with Gasteiger partial charge in [0.05, 0.1) is 0 Å². The van der Waals surface area contributed by atoms with Crippen LogP contribution in [0.25, 0.3) is 11.1 Å². The number of hydrogen-bond acceptors (Lipinski definition) is 5. The lowest BCUT2D eigenvalue weighted by Crippen LogP contribution is -2.42. The number of nitrogens with one attached hydrogen (secondary N) is 2. The van der Waals surface area contributed by atoms with Crippen molar-refractivity contribution in [3.05, 3.63) is 59.3 Å². The molecule has 1 unspecified atom stereocenters. The Hall–Kier alpha value is -2.93. The minimum absolute atomic E-state index is 0.0403. The highest BCUT2D eigenvalue weighted by atomic mass is 16.2. The number of amides is 1. The number of anilines is 1. The summed E-state index contributed by atoms with van der Waals surface area (Å²) in [6.07, 6.45) is 12.0. The van der Waals surface area contributed by atoms with Crippen LogP contribution in [-0.2, 0) is 4.79 Å². The van der Waals surface area contributed by atoms with Gasteiger partial charge in [-0.25, -0.2) is 0 Å². The maximum absolute atomic E-state index is 12.8. The van der Waals surface area contributed by atoms with Crippen molar-refractivity contribution in [2.24, 2.45) is 5.92 Å². The maximum atomic E-state index is 12.8. The van der Waals surface area contributed by atoms with Gasteiger partial charge in [-0.15, -0.1) is 0 Å². The first-order valence-corrected chi connectivity index (χ1v) is 10.7. The Morgan fingerprint density at radius 2 is 2.10 bits per heavy atom. The highest BCUT2D eigenvalue weighted by Crippen LogP contribution is 2.33. The van der Waals surface area contributed by atoms with Gasteiger partial charge in [0.1, 0.15) is 5.69 Å². The van der Waals surface area contributed by atoms with Crippen LogP contribution in [0.15, 0.2) is 53.7 Å². The molecular formula is C23H29N5O2. The first-order valence-electron chi connectivity index (χ1n) is 10.7. The lowest BCUT2D eigenvalue weighted by atomic mass is 10.1. The van der Waals surface area contributed by atoms with Crippen LogP contribution in [0.1, 0.15) is 19.3 Å².